The fourth-order valence-corrected chi connectivity index (χ4v) is 1.96. The number of nitrogens with one attached hydrogen (secondary N) is 1. The Labute approximate surface area is 132 Å². The quantitative estimate of drug-likeness (QED) is 0.593. The number of anilines is 1. The number of benzene rings is 1. The largest absolute Gasteiger partial charge is 0.395 e. The number of hydrogen-bond acceptors (Lipinski definition) is 3. The molecule has 0 saturated heterocycles. The molecule has 0 aliphatic carbocycles. The summed E-state index contributed by atoms with van der Waals surface area (Å²) in [5, 5.41) is 10.8. The third kappa shape index (κ3) is 5.55. The van der Waals surface area contributed by atoms with Crippen LogP contribution in [0, 0.1) is 17.5 Å². The molecule has 0 fully saturated rings. The topological polar surface area (TPSA) is 69.6 Å². The van der Waals surface area contributed by atoms with Gasteiger partial charge >= 0.3 is 11.8 Å². The Morgan fingerprint density at radius 3 is 2.26 bits per heavy atom. The highest BCUT2D eigenvalue weighted by Gasteiger charge is 2.24. The van der Waals surface area contributed by atoms with Crippen molar-refractivity contribution >= 4 is 17.5 Å². The fourth-order valence-electron chi connectivity index (χ4n) is 1.96. The van der Waals surface area contributed by atoms with E-state index in [1.165, 1.54) is 0 Å². The summed E-state index contributed by atoms with van der Waals surface area (Å²) in [5.74, 6) is -6.03. The molecule has 5 nitrogen and oxygen atoms in total. The molecular weight excluding hydrogens is 313 g/mol. The number of aliphatic hydroxyl groups is 1. The van der Waals surface area contributed by atoms with Crippen molar-refractivity contribution in [3.05, 3.63) is 29.6 Å². The summed E-state index contributed by atoms with van der Waals surface area (Å²) >= 11 is 0. The standard InChI is InChI=1S/C15H19F3N2O3/c1-2-3-4-5-20(6-7-21)15(23)14(22)19-13-11(17)8-10(16)9-12(13)18/h8-9,21H,2-7H2,1H3,(H,19,22). The van der Waals surface area contributed by atoms with Gasteiger partial charge in [-0.1, -0.05) is 19.8 Å². The molecule has 128 valence electrons. The molecule has 0 saturated carbocycles. The second-order valence-corrected chi connectivity index (χ2v) is 4.92. The Balaban J connectivity index is 2.80. The van der Waals surface area contributed by atoms with E-state index in [-0.39, 0.29) is 19.7 Å². The van der Waals surface area contributed by atoms with Crippen LogP contribution in [0.1, 0.15) is 26.2 Å². The number of rotatable bonds is 7. The van der Waals surface area contributed by atoms with Gasteiger partial charge in [0.1, 0.15) is 11.5 Å². The molecule has 1 aromatic rings. The van der Waals surface area contributed by atoms with E-state index in [2.05, 4.69) is 0 Å². The van der Waals surface area contributed by atoms with Crippen molar-refractivity contribution in [1.29, 1.82) is 0 Å². The Bertz CT molecular complexity index is 544. The minimum Gasteiger partial charge on any atom is -0.395 e. The van der Waals surface area contributed by atoms with Gasteiger partial charge in [-0.15, -0.1) is 0 Å². The van der Waals surface area contributed by atoms with E-state index < -0.39 is 35.0 Å². The van der Waals surface area contributed by atoms with Crippen molar-refractivity contribution in [2.75, 3.05) is 25.0 Å². The molecule has 1 rings (SSSR count). The van der Waals surface area contributed by atoms with Crippen LogP contribution in [-0.4, -0.2) is 41.5 Å². The maximum atomic E-state index is 13.5. The molecular formula is C15H19F3N2O3. The van der Waals surface area contributed by atoms with Crippen molar-refractivity contribution in [2.24, 2.45) is 0 Å². The Morgan fingerprint density at radius 2 is 1.74 bits per heavy atom. The summed E-state index contributed by atoms with van der Waals surface area (Å²) in [6, 6.07) is 0.797. The number of halogens is 3. The summed E-state index contributed by atoms with van der Waals surface area (Å²) in [5.41, 5.74) is -0.887. The fraction of sp³-hybridized carbons (Fsp3) is 0.467. The van der Waals surface area contributed by atoms with Crippen LogP contribution in [0.5, 0.6) is 0 Å². The van der Waals surface area contributed by atoms with E-state index in [4.69, 9.17) is 5.11 Å². The Kier molecular flexibility index (Phi) is 7.53. The number of amides is 2. The van der Waals surface area contributed by atoms with Crippen molar-refractivity contribution in [2.45, 2.75) is 26.2 Å². The zero-order chi connectivity index (χ0) is 17.4. The number of carbonyl (C=O) groups excluding carboxylic acids is 2. The van der Waals surface area contributed by atoms with Crippen molar-refractivity contribution in [3.63, 3.8) is 0 Å². The molecule has 0 bridgehead atoms. The predicted octanol–water partition coefficient (Wildman–Crippen LogP) is 2.05. The summed E-state index contributed by atoms with van der Waals surface area (Å²) in [6.45, 7) is 1.80. The van der Waals surface area contributed by atoms with Crippen LogP contribution in [0.3, 0.4) is 0 Å². The number of carbonyl (C=O) groups is 2. The van der Waals surface area contributed by atoms with Gasteiger partial charge in [0.2, 0.25) is 0 Å². The van der Waals surface area contributed by atoms with Crippen LogP contribution in [0.15, 0.2) is 12.1 Å². The van der Waals surface area contributed by atoms with Gasteiger partial charge in [-0.2, -0.15) is 0 Å². The lowest BCUT2D eigenvalue weighted by Gasteiger charge is -2.21. The normalized spacial score (nSPS) is 10.5. The molecule has 0 spiro atoms. The van der Waals surface area contributed by atoms with Crippen LogP contribution in [0.4, 0.5) is 18.9 Å². The monoisotopic (exact) mass is 332 g/mol. The number of aliphatic hydroxyl groups excluding tert-OH is 1. The smallest absolute Gasteiger partial charge is 0.314 e. The molecule has 0 aromatic heterocycles. The summed E-state index contributed by atoms with van der Waals surface area (Å²) in [7, 11) is 0. The third-order valence-electron chi connectivity index (χ3n) is 3.13. The highest BCUT2D eigenvalue weighted by atomic mass is 19.1. The molecule has 0 aliphatic rings. The van der Waals surface area contributed by atoms with E-state index in [1.807, 2.05) is 6.92 Å². The lowest BCUT2D eigenvalue weighted by molar-refractivity contribution is -0.143. The van der Waals surface area contributed by atoms with Gasteiger partial charge in [0, 0.05) is 25.2 Å². The second kappa shape index (κ2) is 9.14. The molecule has 0 heterocycles. The first-order chi connectivity index (χ1) is 10.9. The first-order valence-corrected chi connectivity index (χ1v) is 7.26. The molecule has 23 heavy (non-hydrogen) atoms. The van der Waals surface area contributed by atoms with Gasteiger partial charge in [0.15, 0.2) is 11.6 Å². The van der Waals surface area contributed by atoms with E-state index >= 15 is 0 Å². The minimum atomic E-state index is -1.32. The van der Waals surface area contributed by atoms with Gasteiger partial charge in [-0.05, 0) is 6.42 Å². The van der Waals surface area contributed by atoms with E-state index in [0.29, 0.717) is 18.6 Å². The molecule has 0 aliphatic heterocycles. The van der Waals surface area contributed by atoms with Crippen LogP contribution in [-0.2, 0) is 9.59 Å². The van der Waals surface area contributed by atoms with E-state index in [1.54, 1.807) is 5.32 Å². The molecule has 1 aromatic carbocycles. The Hall–Kier alpha value is -2.09. The third-order valence-corrected chi connectivity index (χ3v) is 3.13. The highest BCUT2D eigenvalue weighted by molar-refractivity contribution is 6.39. The highest BCUT2D eigenvalue weighted by Crippen LogP contribution is 2.20. The first-order valence-electron chi connectivity index (χ1n) is 7.26. The molecule has 0 atom stereocenters. The molecule has 8 heteroatoms. The van der Waals surface area contributed by atoms with E-state index in [9.17, 15) is 22.8 Å². The SMILES string of the molecule is CCCCCN(CCO)C(=O)C(=O)Nc1c(F)cc(F)cc1F. The first kappa shape index (κ1) is 19.0. The van der Waals surface area contributed by atoms with Crippen LogP contribution in [0.2, 0.25) is 0 Å². The Morgan fingerprint density at radius 1 is 1.13 bits per heavy atom. The van der Waals surface area contributed by atoms with Crippen molar-refractivity contribution < 1.29 is 27.9 Å². The average molecular weight is 332 g/mol. The maximum absolute atomic E-state index is 13.5. The minimum absolute atomic E-state index is 0.0651. The number of unbranched alkanes of at least 4 members (excludes halogenated alkanes) is 2. The maximum Gasteiger partial charge on any atom is 0.314 e. The van der Waals surface area contributed by atoms with Gasteiger partial charge in [0.05, 0.1) is 6.61 Å². The van der Waals surface area contributed by atoms with Gasteiger partial charge in [-0.25, -0.2) is 13.2 Å². The van der Waals surface area contributed by atoms with Gasteiger partial charge in [0.25, 0.3) is 0 Å². The summed E-state index contributed by atoms with van der Waals surface area (Å²) in [4.78, 5) is 24.9. The lowest BCUT2D eigenvalue weighted by Crippen LogP contribution is -2.42. The second-order valence-electron chi connectivity index (χ2n) is 4.92. The molecule has 2 amide bonds. The molecule has 0 radical (unpaired) electrons. The van der Waals surface area contributed by atoms with Gasteiger partial charge < -0.3 is 15.3 Å². The van der Waals surface area contributed by atoms with Crippen LogP contribution in [0.25, 0.3) is 0 Å². The molecule has 2 N–H and O–H groups in total. The van der Waals surface area contributed by atoms with Crippen molar-refractivity contribution in [1.82, 2.24) is 4.90 Å². The number of hydrogen-bond donors (Lipinski definition) is 2. The number of nitrogens with zero attached hydrogens (tertiary/aromatic N) is 1. The molecule has 0 unspecified atom stereocenters. The van der Waals surface area contributed by atoms with E-state index in [0.717, 1.165) is 17.7 Å². The average Bonchev–Trinajstić information content (AvgIpc) is 2.49. The summed E-state index contributed by atoms with van der Waals surface area (Å²) < 4.78 is 39.8. The van der Waals surface area contributed by atoms with Gasteiger partial charge in [-0.3, -0.25) is 9.59 Å². The predicted molar refractivity (Wildman–Crippen MR) is 78.1 cm³/mol. The zero-order valence-corrected chi connectivity index (χ0v) is 12.7. The van der Waals surface area contributed by atoms with Crippen LogP contribution < -0.4 is 5.32 Å². The van der Waals surface area contributed by atoms with Crippen LogP contribution >= 0.6 is 0 Å². The van der Waals surface area contributed by atoms with Crippen molar-refractivity contribution in [3.8, 4) is 0 Å². The summed E-state index contributed by atoms with van der Waals surface area (Å²) in [6.07, 6.45) is 2.37. The lowest BCUT2D eigenvalue weighted by atomic mass is 10.2. The zero-order valence-electron chi connectivity index (χ0n) is 12.7.